The van der Waals surface area contributed by atoms with Crippen molar-refractivity contribution in [1.29, 1.82) is 5.26 Å². The Bertz CT molecular complexity index is 615. The van der Waals surface area contributed by atoms with E-state index in [1.165, 1.54) is 5.69 Å². The van der Waals surface area contributed by atoms with E-state index in [1.54, 1.807) is 0 Å². The lowest BCUT2D eigenvalue weighted by Crippen LogP contribution is -2.00. The number of rotatable bonds is 2. The molecule has 17 heavy (non-hydrogen) atoms. The van der Waals surface area contributed by atoms with Crippen molar-refractivity contribution in [3.63, 3.8) is 0 Å². The first-order chi connectivity index (χ1) is 8.10. The van der Waals surface area contributed by atoms with Crippen molar-refractivity contribution in [3.8, 4) is 6.07 Å². The highest BCUT2D eigenvalue weighted by atomic mass is 15.0. The predicted molar refractivity (Wildman–Crippen MR) is 68.1 cm³/mol. The molecule has 0 aromatic carbocycles. The van der Waals surface area contributed by atoms with Crippen LogP contribution in [0.1, 0.15) is 41.6 Å². The summed E-state index contributed by atoms with van der Waals surface area (Å²) >= 11 is 0. The van der Waals surface area contributed by atoms with E-state index in [-0.39, 0.29) is 0 Å². The quantitative estimate of drug-likeness (QED) is 0.791. The summed E-state index contributed by atoms with van der Waals surface area (Å²) in [5.74, 6) is 0. The largest absolute Gasteiger partial charge is 0.301 e. The highest BCUT2D eigenvalue weighted by Gasteiger charge is 2.16. The van der Waals surface area contributed by atoms with Crippen molar-refractivity contribution in [1.82, 2.24) is 9.38 Å². The zero-order chi connectivity index (χ0) is 12.6. The first-order valence-corrected chi connectivity index (χ1v) is 5.98. The van der Waals surface area contributed by atoms with E-state index in [0.29, 0.717) is 0 Å². The first-order valence-electron chi connectivity index (χ1n) is 5.98. The van der Waals surface area contributed by atoms with Crippen LogP contribution in [0.5, 0.6) is 0 Å². The third-order valence-electron chi connectivity index (χ3n) is 3.16. The van der Waals surface area contributed by atoms with Gasteiger partial charge in [0.25, 0.3) is 0 Å². The number of fused-ring (bicyclic) bond motifs is 1. The van der Waals surface area contributed by atoms with Gasteiger partial charge in [0.2, 0.25) is 0 Å². The van der Waals surface area contributed by atoms with Gasteiger partial charge in [0, 0.05) is 17.1 Å². The second kappa shape index (κ2) is 4.21. The highest BCUT2D eigenvalue weighted by molar-refractivity contribution is 5.63. The Morgan fingerprint density at radius 3 is 2.65 bits per heavy atom. The van der Waals surface area contributed by atoms with E-state index in [0.717, 1.165) is 41.0 Å². The summed E-state index contributed by atoms with van der Waals surface area (Å²) in [4.78, 5) is 4.51. The topological polar surface area (TPSA) is 41.1 Å². The fraction of sp³-hybridized carbons (Fsp3) is 0.429. The van der Waals surface area contributed by atoms with Crippen LogP contribution >= 0.6 is 0 Å². The molecule has 0 spiro atoms. The molecule has 0 aliphatic heterocycles. The number of hydrogen-bond acceptors (Lipinski definition) is 2. The lowest BCUT2D eigenvalue weighted by Gasteiger charge is -2.07. The van der Waals surface area contributed by atoms with Crippen LogP contribution in [0.25, 0.3) is 5.65 Å². The van der Waals surface area contributed by atoms with Gasteiger partial charge < -0.3 is 4.40 Å². The maximum Gasteiger partial charge on any atom is 0.155 e. The standard InChI is InChI=1S/C14H17N3/c1-5-6-13-11(4)12(8-15)14-16-9(2)7-10(3)17(13)14/h7H,5-6H2,1-4H3. The van der Waals surface area contributed by atoms with E-state index in [2.05, 4.69) is 35.4 Å². The number of aryl methyl sites for hydroxylation is 3. The number of nitriles is 1. The Morgan fingerprint density at radius 2 is 2.06 bits per heavy atom. The van der Waals surface area contributed by atoms with Crippen molar-refractivity contribution in [2.45, 2.75) is 40.5 Å². The Labute approximate surface area is 102 Å². The Balaban J connectivity index is 2.91. The normalized spacial score (nSPS) is 10.8. The Morgan fingerprint density at radius 1 is 1.35 bits per heavy atom. The molecule has 88 valence electrons. The summed E-state index contributed by atoms with van der Waals surface area (Å²) in [6.45, 7) is 8.21. The van der Waals surface area contributed by atoms with E-state index in [4.69, 9.17) is 0 Å². The molecule has 0 atom stereocenters. The van der Waals surface area contributed by atoms with Gasteiger partial charge in [-0.15, -0.1) is 0 Å². The second-order valence-corrected chi connectivity index (χ2v) is 4.51. The average Bonchev–Trinajstić information content (AvgIpc) is 2.52. The molecule has 0 unspecified atom stereocenters. The van der Waals surface area contributed by atoms with Crippen LogP contribution < -0.4 is 0 Å². The van der Waals surface area contributed by atoms with Gasteiger partial charge in [-0.2, -0.15) is 5.26 Å². The highest BCUT2D eigenvalue weighted by Crippen LogP contribution is 2.24. The molecule has 0 radical (unpaired) electrons. The molecule has 2 aromatic rings. The molecule has 0 bridgehead atoms. The molecule has 0 saturated carbocycles. The molecule has 0 aliphatic rings. The van der Waals surface area contributed by atoms with Gasteiger partial charge in [-0.1, -0.05) is 13.3 Å². The Kier molecular flexibility index (Phi) is 2.89. The molecular formula is C14H17N3. The number of nitrogens with zero attached hydrogens (tertiary/aromatic N) is 3. The van der Waals surface area contributed by atoms with Gasteiger partial charge in [0.1, 0.15) is 6.07 Å². The molecule has 2 aromatic heterocycles. The van der Waals surface area contributed by atoms with Crippen LogP contribution in [0.4, 0.5) is 0 Å². The summed E-state index contributed by atoms with van der Waals surface area (Å²) in [5, 5.41) is 9.28. The lowest BCUT2D eigenvalue weighted by atomic mass is 10.1. The van der Waals surface area contributed by atoms with Crippen molar-refractivity contribution in [2.24, 2.45) is 0 Å². The molecule has 2 rings (SSSR count). The average molecular weight is 227 g/mol. The van der Waals surface area contributed by atoms with Crippen molar-refractivity contribution < 1.29 is 0 Å². The third kappa shape index (κ3) is 1.70. The maximum absolute atomic E-state index is 9.28. The van der Waals surface area contributed by atoms with Crippen molar-refractivity contribution in [3.05, 3.63) is 34.3 Å². The zero-order valence-corrected chi connectivity index (χ0v) is 10.8. The molecule has 0 fully saturated rings. The summed E-state index contributed by atoms with van der Waals surface area (Å²) < 4.78 is 2.13. The fourth-order valence-corrected chi connectivity index (χ4v) is 2.44. The summed E-state index contributed by atoms with van der Waals surface area (Å²) in [5.41, 5.74) is 5.96. The molecule has 0 amide bonds. The van der Waals surface area contributed by atoms with Crippen LogP contribution in [0.3, 0.4) is 0 Å². The lowest BCUT2D eigenvalue weighted by molar-refractivity contribution is 0.840. The van der Waals surface area contributed by atoms with Gasteiger partial charge in [-0.05, 0) is 38.8 Å². The van der Waals surface area contributed by atoms with Gasteiger partial charge in [0.15, 0.2) is 5.65 Å². The van der Waals surface area contributed by atoms with Crippen LogP contribution in [-0.2, 0) is 6.42 Å². The van der Waals surface area contributed by atoms with Crippen molar-refractivity contribution >= 4 is 5.65 Å². The van der Waals surface area contributed by atoms with E-state index < -0.39 is 0 Å². The van der Waals surface area contributed by atoms with Crippen LogP contribution in [0.2, 0.25) is 0 Å². The Hall–Kier alpha value is -1.82. The minimum atomic E-state index is 0.722. The molecule has 3 heteroatoms. The molecule has 2 heterocycles. The minimum Gasteiger partial charge on any atom is -0.301 e. The van der Waals surface area contributed by atoms with Crippen LogP contribution in [0, 0.1) is 32.1 Å². The zero-order valence-electron chi connectivity index (χ0n) is 10.8. The molecule has 0 N–H and O–H groups in total. The fourth-order valence-electron chi connectivity index (χ4n) is 2.44. The van der Waals surface area contributed by atoms with Gasteiger partial charge in [-0.25, -0.2) is 4.98 Å². The van der Waals surface area contributed by atoms with Gasteiger partial charge in [0.05, 0.1) is 5.56 Å². The summed E-state index contributed by atoms with van der Waals surface area (Å²) in [6.07, 6.45) is 2.06. The predicted octanol–water partition coefficient (Wildman–Crippen LogP) is 3.08. The molecule has 0 aliphatic carbocycles. The summed E-state index contributed by atoms with van der Waals surface area (Å²) in [6, 6.07) is 4.35. The van der Waals surface area contributed by atoms with Gasteiger partial charge >= 0.3 is 0 Å². The monoisotopic (exact) mass is 227 g/mol. The SMILES string of the molecule is CCCc1c(C)c(C#N)c2nc(C)cc(C)n12. The molecule has 0 saturated heterocycles. The summed E-state index contributed by atoms with van der Waals surface area (Å²) in [7, 11) is 0. The van der Waals surface area contributed by atoms with Crippen LogP contribution in [-0.4, -0.2) is 9.38 Å². The maximum atomic E-state index is 9.28. The number of aromatic nitrogens is 2. The second-order valence-electron chi connectivity index (χ2n) is 4.51. The smallest absolute Gasteiger partial charge is 0.155 e. The van der Waals surface area contributed by atoms with Crippen LogP contribution in [0.15, 0.2) is 6.07 Å². The molecule has 3 nitrogen and oxygen atoms in total. The minimum absolute atomic E-state index is 0.722. The van der Waals surface area contributed by atoms with Gasteiger partial charge in [-0.3, -0.25) is 0 Å². The van der Waals surface area contributed by atoms with Crippen molar-refractivity contribution in [2.75, 3.05) is 0 Å². The first kappa shape index (κ1) is 11.7. The third-order valence-corrected chi connectivity index (χ3v) is 3.16. The van der Waals surface area contributed by atoms with E-state index in [9.17, 15) is 5.26 Å². The number of hydrogen-bond donors (Lipinski definition) is 0. The van der Waals surface area contributed by atoms with E-state index >= 15 is 0 Å². The molecular weight excluding hydrogens is 210 g/mol. The van der Waals surface area contributed by atoms with E-state index in [1.807, 2.05) is 13.8 Å².